The third kappa shape index (κ3) is 5.56. The summed E-state index contributed by atoms with van der Waals surface area (Å²) in [5, 5.41) is 6.83. The Kier molecular flexibility index (Phi) is 9.06. The van der Waals surface area contributed by atoms with E-state index >= 15 is 0 Å². The fourth-order valence-corrected chi connectivity index (χ4v) is 5.21. The molecule has 3 atom stereocenters. The average Bonchev–Trinajstić information content (AvgIpc) is 2.97. The van der Waals surface area contributed by atoms with Crippen LogP contribution in [-0.4, -0.2) is 64.1 Å². The number of hydrogen-bond acceptors (Lipinski definition) is 4. The second-order valence-corrected chi connectivity index (χ2v) is 9.11. The van der Waals surface area contributed by atoms with Crippen LogP contribution >= 0.6 is 24.0 Å². The maximum atomic E-state index is 12.4. The first-order valence-corrected chi connectivity index (χ1v) is 11.2. The largest absolute Gasteiger partial charge is 0.355 e. The number of nitrogens with one attached hydrogen (secondary N) is 2. The molecule has 0 bridgehead atoms. The zero-order valence-corrected chi connectivity index (χ0v) is 20.0. The van der Waals surface area contributed by atoms with Gasteiger partial charge in [0.2, 0.25) is 0 Å². The Morgan fingerprint density at radius 1 is 1.21 bits per heavy atom. The van der Waals surface area contributed by atoms with E-state index in [-0.39, 0.29) is 53.6 Å². The van der Waals surface area contributed by atoms with Crippen molar-refractivity contribution < 1.29 is 13.8 Å². The number of nitrogens with zero attached hydrogens (tertiary/aromatic N) is 2. The van der Waals surface area contributed by atoms with Gasteiger partial charge in [-0.05, 0) is 31.4 Å². The highest BCUT2D eigenvalue weighted by Crippen LogP contribution is 2.23. The minimum atomic E-state index is -0.767. The van der Waals surface area contributed by atoms with Crippen LogP contribution in [0.1, 0.15) is 53.3 Å². The van der Waals surface area contributed by atoms with Crippen LogP contribution in [0.4, 0.5) is 0 Å². The number of guanidine groups is 1. The van der Waals surface area contributed by atoms with Gasteiger partial charge in [0.1, 0.15) is 0 Å². The Balaban J connectivity index is 0.00000300. The van der Waals surface area contributed by atoms with Crippen molar-refractivity contribution in [3.63, 3.8) is 0 Å². The van der Waals surface area contributed by atoms with Crippen molar-refractivity contribution in [1.82, 2.24) is 15.5 Å². The normalized spacial score (nSPS) is 22.7. The van der Waals surface area contributed by atoms with Crippen molar-refractivity contribution >= 4 is 52.6 Å². The van der Waals surface area contributed by atoms with Crippen molar-refractivity contribution in [1.29, 1.82) is 0 Å². The quantitative estimate of drug-likeness (QED) is 0.254. The molecule has 9 heteroatoms. The van der Waals surface area contributed by atoms with E-state index in [1.54, 1.807) is 31.3 Å². The molecule has 1 heterocycles. The predicted octanol–water partition coefficient (Wildman–Crippen LogP) is 2.15. The Bertz CT molecular complexity index is 767. The van der Waals surface area contributed by atoms with Crippen LogP contribution in [0.5, 0.6) is 0 Å². The number of benzene rings is 1. The summed E-state index contributed by atoms with van der Waals surface area (Å²) in [5.41, 5.74) is 0.930. The molecule has 3 rings (SSSR count). The maximum absolute atomic E-state index is 12.4. The van der Waals surface area contributed by atoms with Crippen molar-refractivity contribution in [3.05, 3.63) is 35.4 Å². The van der Waals surface area contributed by atoms with E-state index in [9.17, 15) is 13.8 Å². The maximum Gasteiger partial charge on any atom is 0.261 e. The lowest BCUT2D eigenvalue weighted by molar-refractivity contribution is 0.0657. The molecule has 29 heavy (non-hydrogen) atoms. The number of amides is 2. The van der Waals surface area contributed by atoms with Gasteiger partial charge in [0, 0.05) is 48.0 Å². The molecule has 1 aliphatic carbocycles. The van der Waals surface area contributed by atoms with Crippen LogP contribution in [0, 0.1) is 0 Å². The molecule has 1 saturated carbocycles. The van der Waals surface area contributed by atoms with Crippen LogP contribution in [0.15, 0.2) is 29.3 Å². The number of aliphatic imine (C=N–C) groups is 1. The Morgan fingerprint density at radius 2 is 1.86 bits per heavy atom. The molecule has 160 valence electrons. The first kappa shape index (κ1) is 23.8. The molecule has 2 amide bonds. The molecule has 2 aliphatic rings. The molecule has 0 saturated heterocycles. The Labute approximate surface area is 191 Å². The fraction of sp³-hybridized carbons (Fsp3) is 0.550. The van der Waals surface area contributed by atoms with Gasteiger partial charge in [0.25, 0.3) is 11.8 Å². The summed E-state index contributed by atoms with van der Waals surface area (Å²) in [6.45, 7) is 2.66. The van der Waals surface area contributed by atoms with Crippen LogP contribution < -0.4 is 10.6 Å². The molecule has 2 N–H and O–H groups in total. The van der Waals surface area contributed by atoms with Gasteiger partial charge in [-0.3, -0.25) is 23.7 Å². The van der Waals surface area contributed by atoms with Crippen LogP contribution in [0.3, 0.4) is 0 Å². The summed E-state index contributed by atoms with van der Waals surface area (Å²) in [6, 6.07) is 7.13. The number of hydrogen-bond donors (Lipinski definition) is 2. The summed E-state index contributed by atoms with van der Waals surface area (Å²) in [6.07, 6.45) is 3.97. The van der Waals surface area contributed by atoms with Crippen LogP contribution in [-0.2, 0) is 10.8 Å². The minimum absolute atomic E-state index is 0. The van der Waals surface area contributed by atoms with Crippen molar-refractivity contribution in [3.8, 4) is 0 Å². The second-order valence-electron chi connectivity index (χ2n) is 7.11. The first-order valence-electron chi connectivity index (χ1n) is 9.84. The van der Waals surface area contributed by atoms with Gasteiger partial charge in [-0.25, -0.2) is 0 Å². The molecule has 3 unspecified atom stereocenters. The average molecular weight is 532 g/mol. The van der Waals surface area contributed by atoms with Crippen molar-refractivity contribution in [2.45, 2.75) is 43.9 Å². The number of fused-ring (bicyclic) bond motifs is 1. The second kappa shape index (κ2) is 11.1. The molecular formula is C20H29IN4O3S. The van der Waals surface area contributed by atoms with Crippen LogP contribution in [0.2, 0.25) is 0 Å². The lowest BCUT2D eigenvalue weighted by Crippen LogP contribution is -2.48. The van der Waals surface area contributed by atoms with Crippen molar-refractivity contribution in [2.24, 2.45) is 4.99 Å². The van der Waals surface area contributed by atoms with Gasteiger partial charge in [0.15, 0.2) is 5.96 Å². The monoisotopic (exact) mass is 532 g/mol. The number of halogens is 1. The van der Waals surface area contributed by atoms with Gasteiger partial charge < -0.3 is 10.6 Å². The fourth-order valence-electron chi connectivity index (χ4n) is 3.87. The Morgan fingerprint density at radius 3 is 2.45 bits per heavy atom. The SMILES string of the molecule is CCS(=O)C1CCCC(NC(=NC)NCCN2C(=O)c3ccccc3C2=O)C1.I. The van der Waals surface area contributed by atoms with Crippen molar-refractivity contribution in [2.75, 3.05) is 25.9 Å². The molecule has 0 aromatic heterocycles. The lowest BCUT2D eigenvalue weighted by atomic mass is 9.95. The third-order valence-electron chi connectivity index (χ3n) is 5.35. The Hall–Kier alpha value is -1.49. The number of rotatable bonds is 6. The van der Waals surface area contributed by atoms with E-state index in [2.05, 4.69) is 15.6 Å². The van der Waals surface area contributed by atoms with Gasteiger partial charge in [-0.1, -0.05) is 25.5 Å². The zero-order chi connectivity index (χ0) is 20.1. The highest BCUT2D eigenvalue weighted by molar-refractivity contribution is 14.0. The number of carbonyl (C=O) groups is 2. The van der Waals surface area contributed by atoms with Gasteiger partial charge in [0.05, 0.1) is 11.1 Å². The standard InChI is InChI=1S/C20H28N4O3S.HI/c1-3-28(27)15-8-6-7-14(13-15)23-20(21-2)22-11-12-24-18(25)16-9-4-5-10-17(16)19(24)26;/h4-5,9-10,14-15H,3,6-8,11-13H2,1-2H3,(H2,21,22,23);1H. The summed E-state index contributed by atoms with van der Waals surface area (Å²) in [5.74, 6) is 0.847. The zero-order valence-electron chi connectivity index (χ0n) is 16.8. The molecule has 0 spiro atoms. The van der Waals surface area contributed by atoms with Gasteiger partial charge in [-0.15, -0.1) is 24.0 Å². The molecule has 1 aliphatic heterocycles. The van der Waals surface area contributed by atoms with Gasteiger partial charge in [-0.2, -0.15) is 0 Å². The molecular weight excluding hydrogens is 503 g/mol. The topological polar surface area (TPSA) is 90.9 Å². The van der Waals surface area contributed by atoms with E-state index in [4.69, 9.17) is 0 Å². The highest BCUT2D eigenvalue weighted by atomic mass is 127. The number of imide groups is 1. The van der Waals surface area contributed by atoms with Gasteiger partial charge >= 0.3 is 0 Å². The first-order chi connectivity index (χ1) is 13.5. The van der Waals surface area contributed by atoms with E-state index in [1.165, 1.54) is 4.90 Å². The molecule has 0 radical (unpaired) electrons. The summed E-state index contributed by atoms with van der Waals surface area (Å²) in [7, 11) is 0.929. The smallest absolute Gasteiger partial charge is 0.261 e. The van der Waals surface area contributed by atoms with E-state index < -0.39 is 10.8 Å². The number of carbonyl (C=O) groups excluding carboxylic acids is 2. The van der Waals surface area contributed by atoms with Crippen LogP contribution in [0.25, 0.3) is 0 Å². The minimum Gasteiger partial charge on any atom is -0.355 e. The lowest BCUT2D eigenvalue weighted by Gasteiger charge is -2.30. The van der Waals surface area contributed by atoms with E-state index in [0.29, 0.717) is 29.4 Å². The summed E-state index contributed by atoms with van der Waals surface area (Å²) in [4.78, 5) is 30.3. The molecule has 7 nitrogen and oxygen atoms in total. The summed E-state index contributed by atoms with van der Waals surface area (Å²) >= 11 is 0. The summed E-state index contributed by atoms with van der Waals surface area (Å²) < 4.78 is 12.1. The highest BCUT2D eigenvalue weighted by Gasteiger charge is 2.34. The predicted molar refractivity (Wildman–Crippen MR) is 126 cm³/mol. The van der Waals surface area contributed by atoms with E-state index in [1.807, 2.05) is 6.92 Å². The molecule has 1 fully saturated rings. The molecule has 1 aromatic carbocycles. The van der Waals surface area contributed by atoms with E-state index in [0.717, 1.165) is 25.7 Å². The third-order valence-corrected chi connectivity index (χ3v) is 7.09. The molecule has 1 aromatic rings.